The van der Waals surface area contributed by atoms with Crippen molar-refractivity contribution < 1.29 is 9.59 Å². The molecule has 0 heterocycles. The highest BCUT2D eigenvalue weighted by molar-refractivity contribution is 7.80. The lowest BCUT2D eigenvalue weighted by Gasteiger charge is -2.09. The predicted octanol–water partition coefficient (Wildman–Crippen LogP) is 0.681. The minimum atomic E-state index is 0.0429. The molecular weight excluding hydrogens is 212 g/mol. The van der Waals surface area contributed by atoms with Gasteiger partial charge >= 0.3 is 0 Å². The van der Waals surface area contributed by atoms with Crippen LogP contribution in [-0.2, 0) is 9.59 Å². The third-order valence-corrected chi connectivity index (χ3v) is 2.20. The van der Waals surface area contributed by atoms with E-state index in [4.69, 9.17) is 0 Å². The molecule has 0 radical (unpaired) electrons. The van der Waals surface area contributed by atoms with Gasteiger partial charge < -0.3 is 10.2 Å². The van der Waals surface area contributed by atoms with E-state index in [1.54, 1.807) is 19.0 Å². The highest BCUT2D eigenvalue weighted by atomic mass is 32.1. The van der Waals surface area contributed by atoms with Gasteiger partial charge in [-0.25, -0.2) is 0 Å². The summed E-state index contributed by atoms with van der Waals surface area (Å²) in [4.78, 5) is 23.9. The monoisotopic (exact) mass is 232 g/mol. The molecule has 0 aromatic heterocycles. The van der Waals surface area contributed by atoms with Crippen molar-refractivity contribution in [2.75, 3.05) is 26.4 Å². The van der Waals surface area contributed by atoms with Gasteiger partial charge in [0.2, 0.25) is 11.8 Å². The van der Waals surface area contributed by atoms with Crippen LogP contribution in [0.3, 0.4) is 0 Å². The highest BCUT2D eigenvalue weighted by Gasteiger charge is 2.04. The Bertz CT molecular complexity index is 208. The topological polar surface area (TPSA) is 49.4 Å². The zero-order chi connectivity index (χ0) is 11.7. The lowest BCUT2D eigenvalue weighted by Crippen LogP contribution is -2.25. The summed E-state index contributed by atoms with van der Waals surface area (Å²) in [5, 5.41) is 2.73. The number of amides is 2. The Hall–Kier alpha value is -0.710. The standard InChI is InChI=1S/C10H20N2O2S/c1-12(2)10(14)6-4-3-5-9(13)11-7-8-15/h15H,3-8H2,1-2H3,(H,11,13). The van der Waals surface area contributed by atoms with E-state index in [0.717, 1.165) is 12.8 Å². The van der Waals surface area contributed by atoms with Crippen molar-refractivity contribution in [3.8, 4) is 0 Å². The van der Waals surface area contributed by atoms with Crippen molar-refractivity contribution in [2.45, 2.75) is 25.7 Å². The molecule has 0 aromatic rings. The molecule has 0 fully saturated rings. The Balaban J connectivity index is 3.38. The molecule has 0 saturated heterocycles. The first-order chi connectivity index (χ1) is 7.07. The molecule has 0 aromatic carbocycles. The van der Waals surface area contributed by atoms with E-state index in [9.17, 15) is 9.59 Å². The van der Waals surface area contributed by atoms with Crippen molar-refractivity contribution in [3.63, 3.8) is 0 Å². The summed E-state index contributed by atoms with van der Waals surface area (Å²) in [6.45, 7) is 0.610. The molecule has 5 heteroatoms. The summed E-state index contributed by atoms with van der Waals surface area (Å²) in [5.41, 5.74) is 0. The second-order valence-electron chi connectivity index (χ2n) is 3.57. The zero-order valence-corrected chi connectivity index (χ0v) is 10.3. The van der Waals surface area contributed by atoms with E-state index in [1.165, 1.54) is 0 Å². The fourth-order valence-electron chi connectivity index (χ4n) is 1.07. The molecule has 0 bridgehead atoms. The Morgan fingerprint density at radius 1 is 1.20 bits per heavy atom. The molecule has 88 valence electrons. The van der Waals surface area contributed by atoms with Gasteiger partial charge in [-0.3, -0.25) is 9.59 Å². The Labute approximate surface area is 96.8 Å². The first-order valence-electron chi connectivity index (χ1n) is 5.15. The second kappa shape index (κ2) is 8.59. The van der Waals surface area contributed by atoms with Crippen LogP contribution in [0.25, 0.3) is 0 Å². The number of thiol groups is 1. The Morgan fingerprint density at radius 3 is 2.33 bits per heavy atom. The van der Waals surface area contributed by atoms with Gasteiger partial charge in [0.15, 0.2) is 0 Å². The highest BCUT2D eigenvalue weighted by Crippen LogP contribution is 2.01. The maximum atomic E-state index is 11.2. The van der Waals surface area contributed by atoms with Gasteiger partial charge in [0.1, 0.15) is 0 Å². The third-order valence-electron chi connectivity index (χ3n) is 1.98. The lowest BCUT2D eigenvalue weighted by molar-refractivity contribution is -0.129. The van der Waals surface area contributed by atoms with E-state index in [0.29, 0.717) is 25.1 Å². The molecule has 15 heavy (non-hydrogen) atoms. The number of unbranched alkanes of at least 4 members (excludes halogenated alkanes) is 1. The quantitative estimate of drug-likeness (QED) is 0.501. The first kappa shape index (κ1) is 14.3. The van der Waals surface area contributed by atoms with Gasteiger partial charge in [0, 0.05) is 39.2 Å². The Morgan fingerprint density at radius 2 is 1.80 bits per heavy atom. The third kappa shape index (κ3) is 8.30. The van der Waals surface area contributed by atoms with Crippen LogP contribution in [0.2, 0.25) is 0 Å². The molecular formula is C10H20N2O2S. The molecule has 0 aliphatic carbocycles. The maximum absolute atomic E-state index is 11.2. The van der Waals surface area contributed by atoms with E-state index in [2.05, 4.69) is 17.9 Å². The van der Waals surface area contributed by atoms with Gasteiger partial charge in [-0.05, 0) is 12.8 Å². The van der Waals surface area contributed by atoms with Gasteiger partial charge in [-0.1, -0.05) is 0 Å². The van der Waals surface area contributed by atoms with Crippen LogP contribution in [0.4, 0.5) is 0 Å². The van der Waals surface area contributed by atoms with Crippen LogP contribution in [0, 0.1) is 0 Å². The molecule has 0 unspecified atom stereocenters. The largest absolute Gasteiger partial charge is 0.355 e. The lowest BCUT2D eigenvalue weighted by atomic mass is 10.2. The summed E-state index contributed by atoms with van der Waals surface area (Å²) in [5.74, 6) is 0.817. The SMILES string of the molecule is CN(C)C(=O)CCCCC(=O)NCCS. The van der Waals surface area contributed by atoms with Crippen molar-refractivity contribution in [1.29, 1.82) is 0 Å². The summed E-state index contributed by atoms with van der Waals surface area (Å²) >= 11 is 3.99. The van der Waals surface area contributed by atoms with Gasteiger partial charge in [-0.15, -0.1) is 0 Å². The van der Waals surface area contributed by atoms with Gasteiger partial charge in [0.05, 0.1) is 0 Å². The number of nitrogens with one attached hydrogen (secondary N) is 1. The van der Waals surface area contributed by atoms with Crippen LogP contribution in [-0.4, -0.2) is 43.1 Å². The average molecular weight is 232 g/mol. The number of carbonyl (C=O) groups is 2. The molecule has 0 aliphatic heterocycles. The van der Waals surface area contributed by atoms with Crippen LogP contribution < -0.4 is 5.32 Å². The van der Waals surface area contributed by atoms with Gasteiger partial charge in [-0.2, -0.15) is 12.6 Å². The van der Waals surface area contributed by atoms with Crippen LogP contribution in [0.15, 0.2) is 0 Å². The molecule has 0 aliphatic rings. The molecule has 4 nitrogen and oxygen atoms in total. The number of rotatable bonds is 7. The van der Waals surface area contributed by atoms with E-state index in [1.807, 2.05) is 0 Å². The zero-order valence-electron chi connectivity index (χ0n) is 9.45. The molecule has 1 N–H and O–H groups in total. The van der Waals surface area contributed by atoms with Crippen LogP contribution in [0.1, 0.15) is 25.7 Å². The van der Waals surface area contributed by atoms with Crippen molar-refractivity contribution in [3.05, 3.63) is 0 Å². The second-order valence-corrected chi connectivity index (χ2v) is 4.02. The maximum Gasteiger partial charge on any atom is 0.222 e. The van der Waals surface area contributed by atoms with Crippen molar-refractivity contribution in [1.82, 2.24) is 10.2 Å². The van der Waals surface area contributed by atoms with Crippen molar-refractivity contribution >= 4 is 24.4 Å². The molecule has 0 atom stereocenters. The minimum Gasteiger partial charge on any atom is -0.355 e. The van der Waals surface area contributed by atoms with Crippen LogP contribution >= 0.6 is 12.6 Å². The molecule has 2 amide bonds. The van der Waals surface area contributed by atoms with E-state index in [-0.39, 0.29) is 11.8 Å². The fourth-order valence-corrected chi connectivity index (χ4v) is 1.18. The number of carbonyl (C=O) groups excluding carboxylic acids is 2. The summed E-state index contributed by atoms with van der Waals surface area (Å²) in [6.07, 6.45) is 2.55. The Kier molecular flexibility index (Phi) is 8.18. The fraction of sp³-hybridized carbons (Fsp3) is 0.800. The molecule has 0 spiro atoms. The number of hydrogen-bond donors (Lipinski definition) is 2. The van der Waals surface area contributed by atoms with E-state index < -0.39 is 0 Å². The smallest absolute Gasteiger partial charge is 0.222 e. The average Bonchev–Trinajstić information content (AvgIpc) is 2.20. The van der Waals surface area contributed by atoms with Crippen LogP contribution in [0.5, 0.6) is 0 Å². The number of nitrogens with zero attached hydrogens (tertiary/aromatic N) is 1. The predicted molar refractivity (Wildman–Crippen MR) is 64.0 cm³/mol. The summed E-state index contributed by atoms with van der Waals surface area (Å²) in [7, 11) is 3.48. The summed E-state index contributed by atoms with van der Waals surface area (Å²) < 4.78 is 0. The van der Waals surface area contributed by atoms with Gasteiger partial charge in [0.25, 0.3) is 0 Å². The van der Waals surface area contributed by atoms with Crippen molar-refractivity contribution in [2.24, 2.45) is 0 Å². The summed E-state index contributed by atoms with van der Waals surface area (Å²) in [6, 6.07) is 0. The minimum absolute atomic E-state index is 0.0429. The molecule has 0 rings (SSSR count). The molecule has 0 saturated carbocycles. The first-order valence-corrected chi connectivity index (χ1v) is 5.79. The normalized spacial score (nSPS) is 9.80. The van der Waals surface area contributed by atoms with E-state index >= 15 is 0 Å². The number of hydrogen-bond acceptors (Lipinski definition) is 3.